The summed E-state index contributed by atoms with van der Waals surface area (Å²) in [5.41, 5.74) is 0.904. The van der Waals surface area contributed by atoms with Gasteiger partial charge in [-0.25, -0.2) is 8.42 Å². The van der Waals surface area contributed by atoms with Crippen LogP contribution in [-0.4, -0.2) is 49.2 Å². The van der Waals surface area contributed by atoms with E-state index in [0.717, 1.165) is 6.08 Å². The van der Waals surface area contributed by atoms with E-state index in [0.29, 0.717) is 11.3 Å². The number of amides is 2. The summed E-state index contributed by atoms with van der Waals surface area (Å²) in [6.45, 7) is 5.35. The molecule has 0 spiro atoms. The zero-order valence-electron chi connectivity index (χ0n) is 12.3. The van der Waals surface area contributed by atoms with Crippen LogP contribution in [0.4, 0.5) is 5.69 Å². The maximum absolute atomic E-state index is 12.5. The van der Waals surface area contributed by atoms with Crippen molar-refractivity contribution in [2.45, 2.75) is 12.2 Å². The first-order valence-electron chi connectivity index (χ1n) is 6.88. The van der Waals surface area contributed by atoms with Crippen LogP contribution in [0.25, 0.3) is 0 Å². The molecule has 2 rings (SSSR count). The number of carbonyl (C=O) groups excluding carboxylic acids is 2. The van der Waals surface area contributed by atoms with Gasteiger partial charge in [-0.3, -0.25) is 9.59 Å². The topological polar surface area (TPSA) is 83.6 Å². The second kappa shape index (κ2) is 6.31. The molecule has 1 fully saturated rings. The zero-order valence-corrected chi connectivity index (χ0v) is 13.1. The number of nitrogens with one attached hydrogen (secondary N) is 1. The van der Waals surface area contributed by atoms with Crippen molar-refractivity contribution in [2.24, 2.45) is 0 Å². The Kier molecular flexibility index (Phi) is 4.65. The highest BCUT2D eigenvalue weighted by Gasteiger charge is 2.32. The van der Waals surface area contributed by atoms with Gasteiger partial charge in [0.25, 0.3) is 5.91 Å². The predicted molar refractivity (Wildman–Crippen MR) is 84.4 cm³/mol. The lowest BCUT2D eigenvalue weighted by Crippen LogP contribution is -2.48. The van der Waals surface area contributed by atoms with Crippen LogP contribution in [0, 0.1) is 0 Å². The van der Waals surface area contributed by atoms with E-state index in [4.69, 9.17) is 0 Å². The Balaban J connectivity index is 2.15. The van der Waals surface area contributed by atoms with Gasteiger partial charge in [0, 0.05) is 24.3 Å². The largest absolute Gasteiger partial charge is 0.336 e. The summed E-state index contributed by atoms with van der Waals surface area (Å²) in [5.74, 6) is -0.619. The number of hydrogen-bond acceptors (Lipinski definition) is 4. The van der Waals surface area contributed by atoms with Crippen LogP contribution in [0.5, 0.6) is 0 Å². The number of nitrogens with zero attached hydrogens (tertiary/aromatic N) is 1. The molecule has 1 saturated heterocycles. The third-order valence-corrected chi connectivity index (χ3v) is 5.71. The van der Waals surface area contributed by atoms with Crippen molar-refractivity contribution >= 4 is 27.3 Å². The van der Waals surface area contributed by atoms with Gasteiger partial charge in [0.1, 0.15) is 0 Å². The molecule has 22 heavy (non-hydrogen) atoms. The van der Waals surface area contributed by atoms with Crippen molar-refractivity contribution in [3.63, 3.8) is 0 Å². The van der Waals surface area contributed by atoms with Crippen LogP contribution in [0.1, 0.15) is 17.3 Å². The molecule has 2 amide bonds. The zero-order chi connectivity index (χ0) is 16.3. The van der Waals surface area contributed by atoms with Gasteiger partial charge in [-0.1, -0.05) is 12.6 Å². The Hall–Kier alpha value is -2.15. The Bertz CT molecular complexity index is 712. The predicted octanol–water partition coefficient (Wildman–Crippen LogP) is 1.07. The van der Waals surface area contributed by atoms with Gasteiger partial charge < -0.3 is 10.2 Å². The summed E-state index contributed by atoms with van der Waals surface area (Å²) in [7, 11) is -3.10. The number of sulfone groups is 1. The first-order valence-corrected chi connectivity index (χ1v) is 8.59. The maximum Gasteiger partial charge on any atom is 0.253 e. The van der Waals surface area contributed by atoms with E-state index in [2.05, 4.69) is 11.9 Å². The van der Waals surface area contributed by atoms with Gasteiger partial charge in [-0.05, 0) is 31.2 Å². The van der Waals surface area contributed by atoms with Gasteiger partial charge in [0.15, 0.2) is 9.84 Å². The van der Waals surface area contributed by atoms with Crippen molar-refractivity contribution < 1.29 is 18.0 Å². The van der Waals surface area contributed by atoms with Crippen LogP contribution >= 0.6 is 0 Å². The minimum absolute atomic E-state index is 0.0210. The molecule has 1 aliphatic rings. The quantitative estimate of drug-likeness (QED) is 0.844. The Morgan fingerprint density at radius 1 is 1.41 bits per heavy atom. The van der Waals surface area contributed by atoms with Gasteiger partial charge in [-0.15, -0.1) is 0 Å². The maximum atomic E-state index is 12.5. The summed E-state index contributed by atoms with van der Waals surface area (Å²) in [6.07, 6.45) is 1.14. The third kappa shape index (κ3) is 3.54. The highest BCUT2D eigenvalue weighted by molar-refractivity contribution is 7.92. The van der Waals surface area contributed by atoms with E-state index in [1.165, 1.54) is 4.90 Å². The van der Waals surface area contributed by atoms with Crippen LogP contribution in [0.2, 0.25) is 0 Å². The Labute approximate surface area is 129 Å². The van der Waals surface area contributed by atoms with Gasteiger partial charge in [-0.2, -0.15) is 0 Å². The normalized spacial score (nSPS) is 20.2. The van der Waals surface area contributed by atoms with Crippen molar-refractivity contribution in [1.29, 1.82) is 0 Å². The summed E-state index contributed by atoms with van der Waals surface area (Å²) < 4.78 is 23.4. The van der Waals surface area contributed by atoms with E-state index >= 15 is 0 Å². The number of anilines is 1. The van der Waals surface area contributed by atoms with Gasteiger partial charge in [0.05, 0.1) is 11.0 Å². The van der Waals surface area contributed by atoms with Crippen LogP contribution in [0.15, 0.2) is 36.9 Å². The molecule has 1 atom stereocenters. The molecular weight excluding hydrogens is 304 g/mol. The SMILES string of the molecule is C=CC(=O)Nc1cccc(C(=O)N2CCS(=O)(=O)[C@H](C)C2)c1. The van der Waals surface area contributed by atoms with E-state index in [1.54, 1.807) is 31.2 Å². The summed E-state index contributed by atoms with van der Waals surface area (Å²) >= 11 is 0. The van der Waals surface area contributed by atoms with Crippen molar-refractivity contribution in [2.75, 3.05) is 24.2 Å². The van der Waals surface area contributed by atoms with Crippen LogP contribution in [0.3, 0.4) is 0 Å². The smallest absolute Gasteiger partial charge is 0.253 e. The average molecular weight is 322 g/mol. The molecule has 1 aromatic carbocycles. The highest BCUT2D eigenvalue weighted by atomic mass is 32.2. The molecule has 118 valence electrons. The Morgan fingerprint density at radius 2 is 2.14 bits per heavy atom. The fourth-order valence-electron chi connectivity index (χ4n) is 2.24. The van der Waals surface area contributed by atoms with E-state index in [1.807, 2.05) is 0 Å². The lowest BCUT2D eigenvalue weighted by Gasteiger charge is -2.31. The van der Waals surface area contributed by atoms with Crippen molar-refractivity contribution in [1.82, 2.24) is 4.90 Å². The molecule has 7 heteroatoms. The molecule has 1 aromatic rings. The minimum atomic E-state index is -3.10. The molecule has 1 aliphatic heterocycles. The molecule has 1 N–H and O–H groups in total. The fourth-order valence-corrected chi connectivity index (χ4v) is 3.53. The molecular formula is C15H18N2O4S. The van der Waals surface area contributed by atoms with Crippen molar-refractivity contribution in [3.8, 4) is 0 Å². The van der Waals surface area contributed by atoms with Crippen LogP contribution in [-0.2, 0) is 14.6 Å². The monoisotopic (exact) mass is 322 g/mol. The molecule has 0 radical (unpaired) electrons. The van der Waals surface area contributed by atoms with E-state index in [-0.39, 0.29) is 30.7 Å². The first-order chi connectivity index (χ1) is 10.3. The molecule has 0 bridgehead atoms. The lowest BCUT2D eigenvalue weighted by molar-refractivity contribution is -0.111. The highest BCUT2D eigenvalue weighted by Crippen LogP contribution is 2.17. The second-order valence-corrected chi connectivity index (χ2v) is 7.74. The minimum Gasteiger partial charge on any atom is -0.336 e. The number of benzene rings is 1. The van der Waals surface area contributed by atoms with E-state index in [9.17, 15) is 18.0 Å². The molecule has 0 saturated carbocycles. The number of rotatable bonds is 3. The molecule has 0 aromatic heterocycles. The summed E-state index contributed by atoms with van der Waals surface area (Å²) in [4.78, 5) is 25.3. The molecule has 0 aliphatic carbocycles. The second-order valence-electron chi connectivity index (χ2n) is 5.20. The summed E-state index contributed by atoms with van der Waals surface area (Å²) in [5, 5.41) is 2.03. The fraction of sp³-hybridized carbons (Fsp3) is 0.333. The summed E-state index contributed by atoms with van der Waals surface area (Å²) in [6, 6.07) is 6.54. The average Bonchev–Trinajstić information content (AvgIpc) is 2.49. The number of carbonyl (C=O) groups is 2. The Morgan fingerprint density at radius 3 is 2.77 bits per heavy atom. The van der Waals surface area contributed by atoms with Crippen molar-refractivity contribution in [3.05, 3.63) is 42.5 Å². The van der Waals surface area contributed by atoms with Gasteiger partial charge >= 0.3 is 0 Å². The van der Waals surface area contributed by atoms with Gasteiger partial charge in [0.2, 0.25) is 5.91 Å². The lowest BCUT2D eigenvalue weighted by atomic mass is 10.1. The first kappa shape index (κ1) is 16.2. The molecule has 1 heterocycles. The standard InChI is InChI=1S/C15H18N2O4S/c1-3-14(18)16-13-6-4-5-12(9-13)15(19)17-7-8-22(20,21)11(2)10-17/h3-6,9,11H,1,7-8,10H2,2H3,(H,16,18)/t11-/m1/s1. The molecule has 6 nitrogen and oxygen atoms in total. The third-order valence-electron chi connectivity index (χ3n) is 3.59. The van der Waals surface area contributed by atoms with Crippen LogP contribution < -0.4 is 5.32 Å². The molecule has 0 unspecified atom stereocenters. The number of hydrogen-bond donors (Lipinski definition) is 1. The van der Waals surface area contributed by atoms with E-state index < -0.39 is 15.1 Å².